The summed E-state index contributed by atoms with van der Waals surface area (Å²) in [6.07, 6.45) is 1.94. The molecule has 0 N–H and O–H groups in total. The second kappa shape index (κ2) is 5.78. The number of nitrogens with zero attached hydrogens (tertiary/aromatic N) is 2. The summed E-state index contributed by atoms with van der Waals surface area (Å²) in [5.41, 5.74) is 3.18. The quantitative estimate of drug-likeness (QED) is 0.634. The van der Waals surface area contributed by atoms with Gasteiger partial charge in [-0.25, -0.2) is 0 Å². The highest BCUT2D eigenvalue weighted by molar-refractivity contribution is 6.32. The minimum atomic E-state index is -0.0911. The van der Waals surface area contributed by atoms with Crippen molar-refractivity contribution in [2.75, 3.05) is 5.01 Å². The van der Waals surface area contributed by atoms with Crippen LogP contribution in [0.2, 0.25) is 0 Å². The lowest BCUT2D eigenvalue weighted by atomic mass is 10.0. The van der Waals surface area contributed by atoms with E-state index in [-0.39, 0.29) is 5.91 Å². The van der Waals surface area contributed by atoms with E-state index in [9.17, 15) is 4.79 Å². The van der Waals surface area contributed by atoms with Gasteiger partial charge in [0, 0.05) is 0 Å². The lowest BCUT2D eigenvalue weighted by molar-refractivity contribution is -0.114. The van der Waals surface area contributed by atoms with E-state index in [0.29, 0.717) is 5.57 Å². The molecule has 1 aliphatic heterocycles. The zero-order valence-corrected chi connectivity index (χ0v) is 13.3. The Hall–Kier alpha value is -3.20. The Morgan fingerprint density at radius 2 is 1.58 bits per heavy atom. The lowest BCUT2D eigenvalue weighted by Crippen LogP contribution is -2.21. The van der Waals surface area contributed by atoms with Gasteiger partial charge in [-0.3, -0.25) is 4.79 Å². The van der Waals surface area contributed by atoms with Crippen LogP contribution in [0.25, 0.3) is 16.8 Å². The van der Waals surface area contributed by atoms with Crippen LogP contribution in [0.1, 0.15) is 12.5 Å². The van der Waals surface area contributed by atoms with Crippen molar-refractivity contribution in [2.45, 2.75) is 6.92 Å². The van der Waals surface area contributed by atoms with Crippen molar-refractivity contribution in [3.8, 4) is 0 Å². The summed E-state index contributed by atoms with van der Waals surface area (Å²) in [4.78, 5) is 12.8. The molecule has 4 rings (SSSR count). The molecule has 3 heteroatoms. The summed E-state index contributed by atoms with van der Waals surface area (Å²) >= 11 is 0. The minimum Gasteiger partial charge on any atom is -0.267 e. The van der Waals surface area contributed by atoms with Gasteiger partial charge in [0.05, 0.1) is 17.0 Å². The van der Waals surface area contributed by atoms with E-state index in [4.69, 9.17) is 0 Å². The number of fused-ring (bicyclic) bond motifs is 1. The predicted molar refractivity (Wildman–Crippen MR) is 99.0 cm³/mol. The van der Waals surface area contributed by atoms with Crippen molar-refractivity contribution in [3.63, 3.8) is 0 Å². The minimum absolute atomic E-state index is 0.0911. The van der Waals surface area contributed by atoms with Gasteiger partial charge >= 0.3 is 0 Å². The van der Waals surface area contributed by atoms with E-state index < -0.39 is 0 Å². The molecule has 0 radical (unpaired) electrons. The average molecular weight is 312 g/mol. The number of hydrazone groups is 1. The van der Waals surface area contributed by atoms with Gasteiger partial charge in [0.25, 0.3) is 5.91 Å². The van der Waals surface area contributed by atoms with Crippen LogP contribution < -0.4 is 5.01 Å². The zero-order chi connectivity index (χ0) is 16.5. The molecule has 1 heterocycles. The Bertz CT molecular complexity index is 982. The maximum atomic E-state index is 12.8. The SMILES string of the molecule is CC1=NN(c2ccccc2)C(=O)C1=Cc1cccc2ccccc12. The standard InChI is InChI=1S/C21H16N2O/c1-15-20(21(24)23(22-15)18-11-3-2-4-12-18)14-17-10-7-9-16-8-5-6-13-19(16)17/h2-14H,1H3. The van der Waals surface area contributed by atoms with Crippen LogP contribution in [-0.2, 0) is 4.79 Å². The number of hydrogen-bond acceptors (Lipinski definition) is 2. The van der Waals surface area contributed by atoms with E-state index in [0.717, 1.165) is 27.7 Å². The molecule has 1 aliphatic rings. The summed E-state index contributed by atoms with van der Waals surface area (Å²) in [6.45, 7) is 1.87. The van der Waals surface area contributed by atoms with Crippen LogP contribution in [0.4, 0.5) is 5.69 Å². The van der Waals surface area contributed by atoms with Crippen LogP contribution in [0, 0.1) is 0 Å². The Balaban J connectivity index is 1.78. The third-order valence-electron chi connectivity index (χ3n) is 4.19. The maximum absolute atomic E-state index is 12.8. The third-order valence-corrected chi connectivity index (χ3v) is 4.19. The van der Waals surface area contributed by atoms with Crippen LogP contribution in [-0.4, -0.2) is 11.6 Å². The molecular formula is C21H16N2O. The van der Waals surface area contributed by atoms with Gasteiger partial charge in [-0.2, -0.15) is 10.1 Å². The Morgan fingerprint density at radius 3 is 2.42 bits per heavy atom. The van der Waals surface area contributed by atoms with Crippen molar-refractivity contribution < 1.29 is 4.79 Å². The largest absolute Gasteiger partial charge is 0.280 e. The number of carbonyl (C=O) groups is 1. The first-order valence-electron chi connectivity index (χ1n) is 7.88. The molecule has 3 aromatic rings. The van der Waals surface area contributed by atoms with E-state index in [2.05, 4.69) is 23.3 Å². The molecule has 116 valence electrons. The molecule has 0 bridgehead atoms. The number of benzene rings is 3. The average Bonchev–Trinajstić information content (AvgIpc) is 2.91. The fourth-order valence-electron chi connectivity index (χ4n) is 2.96. The normalized spacial score (nSPS) is 16.0. The summed E-state index contributed by atoms with van der Waals surface area (Å²) in [6, 6.07) is 23.8. The highest BCUT2D eigenvalue weighted by Gasteiger charge is 2.28. The number of amides is 1. The second-order valence-corrected chi connectivity index (χ2v) is 5.76. The molecule has 0 saturated carbocycles. The van der Waals surface area contributed by atoms with Gasteiger partial charge in [0.2, 0.25) is 0 Å². The molecule has 3 aromatic carbocycles. The van der Waals surface area contributed by atoms with Gasteiger partial charge in [0.15, 0.2) is 0 Å². The van der Waals surface area contributed by atoms with Crippen molar-refractivity contribution in [3.05, 3.63) is 83.9 Å². The first-order chi connectivity index (χ1) is 11.7. The molecular weight excluding hydrogens is 296 g/mol. The molecule has 0 aromatic heterocycles. The molecule has 0 unspecified atom stereocenters. The topological polar surface area (TPSA) is 32.7 Å². The van der Waals surface area contributed by atoms with E-state index in [1.165, 1.54) is 5.01 Å². The fourth-order valence-corrected chi connectivity index (χ4v) is 2.96. The van der Waals surface area contributed by atoms with Crippen LogP contribution >= 0.6 is 0 Å². The number of anilines is 1. The van der Waals surface area contributed by atoms with Gasteiger partial charge in [-0.1, -0.05) is 60.7 Å². The monoisotopic (exact) mass is 312 g/mol. The molecule has 0 aliphatic carbocycles. The molecule has 0 saturated heterocycles. The summed E-state index contributed by atoms with van der Waals surface area (Å²) in [7, 11) is 0. The van der Waals surface area contributed by atoms with E-state index in [1.807, 2.05) is 67.6 Å². The van der Waals surface area contributed by atoms with Crippen LogP contribution in [0.15, 0.2) is 83.5 Å². The fraction of sp³-hybridized carbons (Fsp3) is 0.0476. The van der Waals surface area contributed by atoms with Crippen LogP contribution in [0.5, 0.6) is 0 Å². The summed E-state index contributed by atoms with van der Waals surface area (Å²) in [5.74, 6) is -0.0911. The van der Waals surface area contributed by atoms with Crippen molar-refractivity contribution >= 4 is 34.2 Å². The number of para-hydroxylation sites is 1. The molecule has 0 atom stereocenters. The maximum Gasteiger partial charge on any atom is 0.280 e. The molecule has 24 heavy (non-hydrogen) atoms. The Labute approximate surface area is 140 Å². The van der Waals surface area contributed by atoms with Gasteiger partial charge in [0.1, 0.15) is 0 Å². The Kier molecular flexibility index (Phi) is 3.47. The second-order valence-electron chi connectivity index (χ2n) is 5.76. The van der Waals surface area contributed by atoms with Crippen LogP contribution in [0.3, 0.4) is 0 Å². The van der Waals surface area contributed by atoms with Crippen molar-refractivity contribution in [1.82, 2.24) is 0 Å². The summed E-state index contributed by atoms with van der Waals surface area (Å²) < 4.78 is 0. The summed E-state index contributed by atoms with van der Waals surface area (Å²) in [5, 5.41) is 8.18. The number of carbonyl (C=O) groups excluding carboxylic acids is 1. The first kappa shape index (κ1) is 14.4. The first-order valence-corrected chi connectivity index (χ1v) is 7.88. The molecule has 1 amide bonds. The van der Waals surface area contributed by atoms with Gasteiger partial charge in [-0.05, 0) is 41.5 Å². The van der Waals surface area contributed by atoms with Crippen molar-refractivity contribution in [2.24, 2.45) is 5.10 Å². The lowest BCUT2D eigenvalue weighted by Gasteiger charge is -2.11. The molecule has 3 nitrogen and oxygen atoms in total. The number of hydrogen-bond donors (Lipinski definition) is 0. The third kappa shape index (κ3) is 2.40. The van der Waals surface area contributed by atoms with Gasteiger partial charge in [-0.15, -0.1) is 0 Å². The predicted octanol–water partition coefficient (Wildman–Crippen LogP) is 4.65. The smallest absolute Gasteiger partial charge is 0.267 e. The molecule has 0 spiro atoms. The number of rotatable bonds is 2. The van der Waals surface area contributed by atoms with E-state index >= 15 is 0 Å². The zero-order valence-electron chi connectivity index (χ0n) is 13.3. The molecule has 0 fully saturated rings. The van der Waals surface area contributed by atoms with Crippen molar-refractivity contribution in [1.29, 1.82) is 0 Å². The van der Waals surface area contributed by atoms with Gasteiger partial charge < -0.3 is 0 Å². The van der Waals surface area contributed by atoms with E-state index in [1.54, 1.807) is 0 Å². The Morgan fingerprint density at radius 1 is 0.875 bits per heavy atom. The highest BCUT2D eigenvalue weighted by atomic mass is 16.2. The highest BCUT2D eigenvalue weighted by Crippen LogP contribution is 2.27.